The molecule has 1 aliphatic rings. The van der Waals surface area contributed by atoms with Crippen molar-refractivity contribution in [3.63, 3.8) is 0 Å². The van der Waals surface area contributed by atoms with Crippen LogP contribution in [0.15, 0.2) is 52.5 Å². The summed E-state index contributed by atoms with van der Waals surface area (Å²) in [5.74, 6) is 3.69. The number of carbonyl (C=O) groups excluding carboxylic acids is 2. The van der Waals surface area contributed by atoms with Gasteiger partial charge in [-0.25, -0.2) is 5.84 Å². The Balaban J connectivity index is 1.99. The smallest absolute Gasteiger partial charge is 0.273 e. The summed E-state index contributed by atoms with van der Waals surface area (Å²) >= 11 is 16.9. The van der Waals surface area contributed by atoms with Crippen molar-refractivity contribution < 1.29 is 13.8 Å². The quantitative estimate of drug-likeness (QED) is 0.193. The number of carbonyl (C=O) groups is 2. The summed E-state index contributed by atoms with van der Waals surface area (Å²) in [6, 6.07) is 11.0. The van der Waals surface area contributed by atoms with Gasteiger partial charge in [-0.15, -0.1) is 0 Å². The molecule has 13 heteroatoms. The minimum atomic E-state index is -1.92. The fraction of sp³-hybridized carbons (Fsp3) is 0.0588. The third-order valence-corrected chi connectivity index (χ3v) is 6.31. The van der Waals surface area contributed by atoms with E-state index in [1.54, 1.807) is 30.3 Å². The van der Waals surface area contributed by atoms with E-state index in [0.717, 1.165) is 0 Å². The molecule has 30 heavy (non-hydrogen) atoms. The van der Waals surface area contributed by atoms with Crippen LogP contribution in [0, 0.1) is 0 Å². The van der Waals surface area contributed by atoms with E-state index in [9.17, 15) is 13.8 Å². The van der Waals surface area contributed by atoms with Crippen LogP contribution in [0.3, 0.4) is 0 Å². The molecule has 1 heterocycles. The summed E-state index contributed by atoms with van der Waals surface area (Å²) in [6.07, 6.45) is 0. The highest BCUT2D eigenvalue weighted by molar-refractivity contribution is 7.88. The Labute approximate surface area is 188 Å². The number of nitrogens with one attached hydrogen (secondary N) is 4. The van der Waals surface area contributed by atoms with Crippen LogP contribution in [0.4, 0.5) is 11.4 Å². The molecule has 0 saturated heterocycles. The van der Waals surface area contributed by atoms with Gasteiger partial charge in [-0.2, -0.15) is 5.10 Å². The highest BCUT2D eigenvalue weighted by Gasteiger charge is 2.40. The van der Waals surface area contributed by atoms with Gasteiger partial charge < -0.3 is 10.6 Å². The van der Waals surface area contributed by atoms with E-state index >= 15 is 0 Å². The van der Waals surface area contributed by atoms with Crippen molar-refractivity contribution in [1.29, 1.82) is 0 Å². The summed E-state index contributed by atoms with van der Waals surface area (Å²) in [6.45, 7) is 0. The number of para-hydroxylation sites is 1. The lowest BCUT2D eigenvalue weighted by molar-refractivity contribution is -0.116. The Hall–Kier alpha value is -2.57. The molecule has 2 atom stereocenters. The Morgan fingerprint density at radius 2 is 1.97 bits per heavy atom. The third-order valence-electron chi connectivity index (χ3n) is 3.88. The highest BCUT2D eigenvalue weighted by atomic mass is 35.5. The number of anilines is 2. The van der Waals surface area contributed by atoms with Crippen LogP contribution in [0.25, 0.3) is 0 Å². The lowest BCUT2D eigenvalue weighted by atomic mass is 10.2. The first kappa shape index (κ1) is 22.1. The van der Waals surface area contributed by atoms with E-state index in [1.807, 2.05) is 0 Å². The summed E-state index contributed by atoms with van der Waals surface area (Å²) < 4.78 is 13.1. The Bertz CT molecular complexity index is 1090. The van der Waals surface area contributed by atoms with Crippen LogP contribution in [0.2, 0.25) is 10.0 Å². The fourth-order valence-electron chi connectivity index (χ4n) is 2.54. The molecular weight excluding hydrogens is 471 g/mol. The molecule has 2 amide bonds. The summed E-state index contributed by atoms with van der Waals surface area (Å²) in [5.41, 5.74) is 4.65. The molecule has 0 aliphatic carbocycles. The van der Waals surface area contributed by atoms with Crippen LogP contribution in [-0.4, -0.2) is 32.1 Å². The molecule has 0 bridgehead atoms. The molecule has 1 aliphatic heterocycles. The van der Waals surface area contributed by atoms with Gasteiger partial charge in [-0.1, -0.05) is 35.3 Å². The molecule has 3 rings (SSSR count). The number of hydrazone groups is 1. The fourth-order valence-corrected chi connectivity index (χ4v) is 4.35. The second kappa shape index (κ2) is 9.49. The zero-order valence-electron chi connectivity index (χ0n) is 14.9. The second-order valence-corrected chi connectivity index (χ2v) is 8.58. The number of thiocarbonyl (C=S) groups is 1. The highest BCUT2D eigenvalue weighted by Crippen LogP contribution is 2.29. The van der Waals surface area contributed by atoms with E-state index in [1.165, 1.54) is 12.1 Å². The number of benzene rings is 2. The Morgan fingerprint density at radius 1 is 1.23 bits per heavy atom. The monoisotopic (exact) mass is 484 g/mol. The average molecular weight is 485 g/mol. The number of nitrogens with zero attached hydrogens (tertiary/aromatic N) is 1. The first-order valence-electron chi connectivity index (χ1n) is 8.23. The topological polar surface area (TPSA) is 138 Å². The van der Waals surface area contributed by atoms with Crippen molar-refractivity contribution >= 4 is 80.2 Å². The molecule has 0 aromatic heterocycles. The number of amides is 2. The van der Waals surface area contributed by atoms with Crippen LogP contribution >= 0.6 is 35.4 Å². The molecule has 0 saturated carbocycles. The minimum Gasteiger partial charge on any atom is -0.324 e. The number of hydrogen-bond acceptors (Lipinski definition) is 6. The zero-order chi connectivity index (χ0) is 21.8. The summed E-state index contributed by atoms with van der Waals surface area (Å²) in [5, 5.41) is 8.01. The van der Waals surface area contributed by atoms with Crippen molar-refractivity contribution in [2.75, 3.05) is 10.6 Å². The van der Waals surface area contributed by atoms with Crippen molar-refractivity contribution in [2.45, 2.75) is 10.1 Å². The second-order valence-electron chi connectivity index (χ2n) is 5.82. The van der Waals surface area contributed by atoms with E-state index in [4.69, 9.17) is 41.3 Å². The van der Waals surface area contributed by atoms with Crippen LogP contribution in [-0.2, 0) is 20.4 Å². The number of hydrogen-bond donors (Lipinski definition) is 5. The number of nitrogens with two attached hydrogens (primary N) is 1. The van der Waals surface area contributed by atoms with Crippen LogP contribution < -0.4 is 27.3 Å². The van der Waals surface area contributed by atoms with Crippen molar-refractivity contribution in [1.82, 2.24) is 10.9 Å². The number of rotatable bonds is 4. The molecule has 0 spiro atoms. The Kier molecular flexibility index (Phi) is 7.00. The van der Waals surface area contributed by atoms with Crippen molar-refractivity contribution in [2.24, 2.45) is 10.9 Å². The largest absolute Gasteiger partial charge is 0.324 e. The van der Waals surface area contributed by atoms with Gasteiger partial charge in [-0.05, 0) is 42.5 Å². The molecule has 0 fully saturated rings. The van der Waals surface area contributed by atoms with Crippen LogP contribution in [0.1, 0.15) is 0 Å². The predicted molar refractivity (Wildman–Crippen MR) is 121 cm³/mol. The third kappa shape index (κ3) is 4.77. The van der Waals surface area contributed by atoms with Crippen LogP contribution in [0.5, 0.6) is 0 Å². The molecule has 2 aromatic carbocycles. The average Bonchev–Trinajstić information content (AvgIpc) is 2.72. The summed E-state index contributed by atoms with van der Waals surface area (Å²) in [7, 11) is -1.92. The van der Waals surface area contributed by atoms with Gasteiger partial charge in [0, 0.05) is 5.02 Å². The molecular formula is C17H14Cl2N6O3S2. The molecule has 9 nitrogen and oxygen atoms in total. The maximum atomic E-state index is 13.1. The predicted octanol–water partition coefficient (Wildman–Crippen LogP) is 1.75. The molecule has 156 valence electrons. The lowest BCUT2D eigenvalue weighted by Crippen LogP contribution is -2.48. The van der Waals surface area contributed by atoms with Gasteiger partial charge in [0.25, 0.3) is 5.91 Å². The first-order valence-corrected chi connectivity index (χ1v) is 10.6. The number of fused-ring (bicyclic) bond motifs is 1. The van der Waals surface area contributed by atoms with Gasteiger partial charge in [0.05, 0.1) is 32.1 Å². The molecule has 6 N–H and O–H groups in total. The molecule has 2 unspecified atom stereocenters. The maximum absolute atomic E-state index is 13.1. The first-order chi connectivity index (χ1) is 14.3. The van der Waals surface area contributed by atoms with Gasteiger partial charge in [0.15, 0.2) is 11.0 Å². The zero-order valence-corrected chi connectivity index (χ0v) is 18.1. The maximum Gasteiger partial charge on any atom is 0.273 e. The SMILES string of the molecule is NNC(=S)NN=C(C(=O)Nc1cc(Cl)ccc1Cl)C1C(=O)Nc2ccccc2S1=O. The standard InChI is InChI=1S/C17H14Cl2N6O3S2/c18-8-5-6-9(19)11(7-8)22-15(26)13(24-25-17(29)23-20)14-16(27)21-10-3-1-2-4-12(10)30(14)28/h1-7,14H,20H2,(H,21,27)(H,22,26)(H2,23,25,29). The van der Waals surface area contributed by atoms with E-state index in [0.29, 0.717) is 15.6 Å². The van der Waals surface area contributed by atoms with Crippen molar-refractivity contribution in [3.8, 4) is 0 Å². The normalized spacial score (nSPS) is 18.1. The number of halogens is 2. The molecule has 0 radical (unpaired) electrons. The van der Waals surface area contributed by atoms with E-state index in [2.05, 4.69) is 26.6 Å². The molecule has 2 aromatic rings. The van der Waals surface area contributed by atoms with E-state index < -0.39 is 33.6 Å². The van der Waals surface area contributed by atoms with Gasteiger partial charge in [0.1, 0.15) is 0 Å². The lowest BCUT2D eigenvalue weighted by Gasteiger charge is -2.24. The van der Waals surface area contributed by atoms with Gasteiger partial charge in [-0.3, -0.25) is 24.6 Å². The van der Waals surface area contributed by atoms with Gasteiger partial charge in [0.2, 0.25) is 11.0 Å². The van der Waals surface area contributed by atoms with E-state index in [-0.39, 0.29) is 15.8 Å². The van der Waals surface area contributed by atoms with Crippen molar-refractivity contribution in [3.05, 3.63) is 52.5 Å². The number of hydrazine groups is 1. The summed E-state index contributed by atoms with van der Waals surface area (Å²) in [4.78, 5) is 26.0. The Morgan fingerprint density at radius 3 is 2.70 bits per heavy atom. The minimum absolute atomic E-state index is 0.122. The van der Waals surface area contributed by atoms with Gasteiger partial charge >= 0.3 is 0 Å².